The SMILES string of the molecule is CC[C@H]1[C@H]2C[C@H]([C@@H](C)C2)N1C(=O)OC(C)(C)C. The molecule has 1 saturated heterocycles. The third-order valence-electron chi connectivity index (χ3n) is 4.16. The molecule has 3 heteroatoms. The molecule has 3 nitrogen and oxygen atoms in total. The van der Waals surface area contributed by atoms with Gasteiger partial charge in [-0.05, 0) is 51.9 Å². The number of nitrogens with zero attached hydrogens (tertiary/aromatic N) is 1. The van der Waals surface area contributed by atoms with E-state index < -0.39 is 0 Å². The molecule has 4 atom stereocenters. The summed E-state index contributed by atoms with van der Waals surface area (Å²) in [6.45, 7) is 10.2. The molecule has 0 N–H and O–H groups in total. The third-order valence-corrected chi connectivity index (χ3v) is 4.16. The van der Waals surface area contributed by atoms with Crippen LogP contribution in [-0.2, 0) is 4.74 Å². The van der Waals surface area contributed by atoms with Crippen LogP contribution >= 0.6 is 0 Å². The largest absolute Gasteiger partial charge is 0.444 e. The Kier molecular flexibility index (Phi) is 3.13. The molecule has 1 aliphatic heterocycles. The first kappa shape index (κ1) is 12.7. The second-order valence-electron chi connectivity index (χ2n) is 6.64. The molecule has 0 radical (unpaired) electrons. The van der Waals surface area contributed by atoms with E-state index in [2.05, 4.69) is 13.8 Å². The van der Waals surface area contributed by atoms with Crippen molar-refractivity contribution in [1.29, 1.82) is 0 Å². The first-order valence-electron chi connectivity index (χ1n) is 6.84. The summed E-state index contributed by atoms with van der Waals surface area (Å²) in [6.07, 6.45) is 3.40. The number of hydrogen-bond donors (Lipinski definition) is 0. The predicted octanol–water partition coefficient (Wildman–Crippen LogP) is 3.43. The van der Waals surface area contributed by atoms with Crippen molar-refractivity contribution in [3.05, 3.63) is 0 Å². The van der Waals surface area contributed by atoms with Crippen molar-refractivity contribution in [2.24, 2.45) is 11.8 Å². The van der Waals surface area contributed by atoms with Crippen LogP contribution in [0.4, 0.5) is 4.79 Å². The van der Waals surface area contributed by atoms with Gasteiger partial charge in [0.05, 0.1) is 0 Å². The monoisotopic (exact) mass is 239 g/mol. The summed E-state index contributed by atoms with van der Waals surface area (Å²) in [6, 6.07) is 0.825. The lowest BCUT2D eigenvalue weighted by Crippen LogP contribution is -2.49. The topological polar surface area (TPSA) is 29.5 Å². The van der Waals surface area contributed by atoms with E-state index in [1.54, 1.807) is 0 Å². The zero-order valence-electron chi connectivity index (χ0n) is 11.7. The molecule has 1 aliphatic carbocycles. The van der Waals surface area contributed by atoms with Gasteiger partial charge in [-0.25, -0.2) is 4.79 Å². The number of amides is 1. The Morgan fingerprint density at radius 2 is 2.00 bits per heavy atom. The molecule has 1 amide bonds. The molecule has 17 heavy (non-hydrogen) atoms. The van der Waals surface area contributed by atoms with Crippen LogP contribution in [0.2, 0.25) is 0 Å². The minimum absolute atomic E-state index is 0.108. The molecule has 98 valence electrons. The Hall–Kier alpha value is -0.730. The number of piperidine rings is 1. The number of hydrogen-bond acceptors (Lipinski definition) is 2. The molecule has 0 aromatic rings. The van der Waals surface area contributed by atoms with Crippen LogP contribution in [0.1, 0.15) is 53.9 Å². The van der Waals surface area contributed by atoms with Crippen LogP contribution < -0.4 is 0 Å². The number of ether oxygens (including phenoxy) is 1. The number of fused-ring (bicyclic) bond motifs is 2. The van der Waals surface area contributed by atoms with Gasteiger partial charge in [-0.3, -0.25) is 0 Å². The lowest BCUT2D eigenvalue weighted by atomic mass is 9.92. The molecule has 2 aliphatic rings. The van der Waals surface area contributed by atoms with Gasteiger partial charge >= 0.3 is 6.09 Å². The molecule has 0 aromatic heterocycles. The molecule has 2 bridgehead atoms. The van der Waals surface area contributed by atoms with Crippen LogP contribution in [0.5, 0.6) is 0 Å². The summed E-state index contributed by atoms with van der Waals surface area (Å²) in [4.78, 5) is 14.3. The number of likely N-dealkylation sites (tertiary alicyclic amines) is 1. The minimum Gasteiger partial charge on any atom is -0.444 e. The lowest BCUT2D eigenvalue weighted by molar-refractivity contribution is 0.000458. The second kappa shape index (κ2) is 4.18. The molecule has 0 aromatic carbocycles. The predicted molar refractivity (Wildman–Crippen MR) is 67.8 cm³/mol. The molecule has 2 rings (SSSR count). The quantitative estimate of drug-likeness (QED) is 0.701. The lowest BCUT2D eigenvalue weighted by Gasteiger charge is -2.38. The number of rotatable bonds is 1. The maximum absolute atomic E-state index is 12.3. The second-order valence-corrected chi connectivity index (χ2v) is 6.64. The maximum Gasteiger partial charge on any atom is 0.410 e. The van der Waals surface area contributed by atoms with Gasteiger partial charge in [0, 0.05) is 12.1 Å². The van der Waals surface area contributed by atoms with E-state index >= 15 is 0 Å². The smallest absolute Gasteiger partial charge is 0.410 e. The first-order chi connectivity index (χ1) is 7.83. The van der Waals surface area contributed by atoms with Gasteiger partial charge in [0.25, 0.3) is 0 Å². The van der Waals surface area contributed by atoms with Crippen LogP contribution in [-0.4, -0.2) is 28.7 Å². The standard InChI is InChI=1S/C14H25NO2/c1-6-11-10-7-9(2)12(8-10)15(11)13(16)17-14(3,4)5/h9-12H,6-8H2,1-5H3/t9-,10+,11-,12+/m0/s1. The highest BCUT2D eigenvalue weighted by atomic mass is 16.6. The highest BCUT2D eigenvalue weighted by molar-refractivity contribution is 5.70. The van der Waals surface area contributed by atoms with E-state index in [4.69, 9.17) is 4.74 Å². The van der Waals surface area contributed by atoms with Crippen molar-refractivity contribution in [2.45, 2.75) is 71.6 Å². The Labute approximate surface area is 105 Å². The van der Waals surface area contributed by atoms with Gasteiger partial charge in [-0.1, -0.05) is 13.8 Å². The van der Waals surface area contributed by atoms with Crippen molar-refractivity contribution in [3.63, 3.8) is 0 Å². The zero-order valence-corrected chi connectivity index (χ0v) is 11.7. The number of carbonyl (C=O) groups is 1. The fraction of sp³-hybridized carbons (Fsp3) is 0.929. The fourth-order valence-corrected chi connectivity index (χ4v) is 3.56. The summed E-state index contributed by atoms with van der Waals surface area (Å²) < 4.78 is 5.54. The Morgan fingerprint density at radius 3 is 2.53 bits per heavy atom. The minimum atomic E-state index is -0.388. The average Bonchev–Trinajstić information content (AvgIpc) is 2.69. The van der Waals surface area contributed by atoms with Gasteiger partial charge < -0.3 is 9.64 Å². The molecule has 2 fully saturated rings. The Balaban J connectivity index is 2.11. The van der Waals surface area contributed by atoms with Gasteiger partial charge in [0.15, 0.2) is 0 Å². The normalized spacial score (nSPS) is 36.4. The van der Waals surface area contributed by atoms with Crippen molar-refractivity contribution >= 4 is 6.09 Å². The van der Waals surface area contributed by atoms with E-state index in [1.165, 1.54) is 12.8 Å². The van der Waals surface area contributed by atoms with Crippen molar-refractivity contribution in [2.75, 3.05) is 0 Å². The summed E-state index contributed by atoms with van der Waals surface area (Å²) in [5.41, 5.74) is -0.388. The summed E-state index contributed by atoms with van der Waals surface area (Å²) in [7, 11) is 0. The summed E-state index contributed by atoms with van der Waals surface area (Å²) >= 11 is 0. The Bertz CT molecular complexity index is 306. The average molecular weight is 239 g/mol. The van der Waals surface area contributed by atoms with E-state index in [0.29, 0.717) is 23.9 Å². The summed E-state index contributed by atoms with van der Waals surface area (Å²) in [5, 5.41) is 0. The molecule has 0 unspecified atom stereocenters. The first-order valence-corrected chi connectivity index (χ1v) is 6.84. The zero-order chi connectivity index (χ0) is 12.8. The van der Waals surface area contributed by atoms with E-state index in [9.17, 15) is 4.79 Å². The maximum atomic E-state index is 12.3. The van der Waals surface area contributed by atoms with Crippen LogP contribution in [0.25, 0.3) is 0 Å². The van der Waals surface area contributed by atoms with Crippen molar-refractivity contribution in [3.8, 4) is 0 Å². The van der Waals surface area contributed by atoms with Gasteiger partial charge in [0.1, 0.15) is 5.60 Å². The van der Waals surface area contributed by atoms with Crippen LogP contribution in [0, 0.1) is 11.8 Å². The Morgan fingerprint density at radius 1 is 1.35 bits per heavy atom. The van der Waals surface area contributed by atoms with Crippen molar-refractivity contribution in [1.82, 2.24) is 4.90 Å². The van der Waals surface area contributed by atoms with Crippen LogP contribution in [0.3, 0.4) is 0 Å². The van der Waals surface area contributed by atoms with Crippen molar-refractivity contribution < 1.29 is 9.53 Å². The number of carbonyl (C=O) groups excluding carboxylic acids is 1. The third kappa shape index (κ3) is 2.29. The molecule has 1 saturated carbocycles. The molecule has 1 heterocycles. The highest BCUT2D eigenvalue weighted by Crippen LogP contribution is 2.47. The van der Waals surface area contributed by atoms with Gasteiger partial charge in [-0.2, -0.15) is 0 Å². The molecular formula is C14H25NO2. The highest BCUT2D eigenvalue weighted by Gasteiger charge is 2.51. The van der Waals surface area contributed by atoms with E-state index in [0.717, 1.165) is 6.42 Å². The van der Waals surface area contributed by atoms with Gasteiger partial charge in [-0.15, -0.1) is 0 Å². The van der Waals surface area contributed by atoms with E-state index in [1.807, 2.05) is 25.7 Å². The fourth-order valence-electron chi connectivity index (χ4n) is 3.56. The van der Waals surface area contributed by atoms with Crippen LogP contribution in [0.15, 0.2) is 0 Å². The van der Waals surface area contributed by atoms with Gasteiger partial charge in [0.2, 0.25) is 0 Å². The molecule has 0 spiro atoms. The summed E-state index contributed by atoms with van der Waals surface area (Å²) in [5.74, 6) is 1.34. The molecular weight excluding hydrogens is 214 g/mol. The van der Waals surface area contributed by atoms with E-state index in [-0.39, 0.29) is 11.7 Å².